The predicted octanol–water partition coefficient (Wildman–Crippen LogP) is 2.63. The number of benzene rings is 2. The van der Waals surface area contributed by atoms with Crippen molar-refractivity contribution in [1.29, 1.82) is 0 Å². The number of aliphatic carboxylic acids is 1. The van der Waals surface area contributed by atoms with Gasteiger partial charge in [-0.05, 0) is 24.3 Å². The smallest absolute Gasteiger partial charge is 0.329 e. The van der Waals surface area contributed by atoms with Crippen LogP contribution in [0, 0.1) is 0 Å². The van der Waals surface area contributed by atoms with E-state index >= 15 is 0 Å². The van der Waals surface area contributed by atoms with Crippen molar-refractivity contribution in [2.24, 2.45) is 0 Å². The molecule has 0 heterocycles. The van der Waals surface area contributed by atoms with Crippen LogP contribution in [0.5, 0.6) is 23.0 Å². The van der Waals surface area contributed by atoms with Crippen LogP contribution in [0.3, 0.4) is 0 Å². The second-order valence-electron chi connectivity index (χ2n) is 5.25. The number of carboxylic acid groups (broad SMARTS) is 1. The van der Waals surface area contributed by atoms with Crippen LogP contribution >= 0.6 is 0 Å². The molecule has 140 valence electrons. The Balaban J connectivity index is 1.99. The van der Waals surface area contributed by atoms with Gasteiger partial charge < -0.3 is 28.8 Å². The zero-order valence-corrected chi connectivity index (χ0v) is 14.7. The van der Waals surface area contributed by atoms with Gasteiger partial charge in [-0.3, -0.25) is 0 Å². The van der Waals surface area contributed by atoms with Crippen molar-refractivity contribution < 1.29 is 33.6 Å². The molecule has 0 aliphatic heterocycles. The highest BCUT2D eigenvalue weighted by Gasteiger charge is 2.16. The Morgan fingerprint density at radius 1 is 0.846 bits per heavy atom. The fraction of sp³-hybridized carbons (Fsp3) is 0.316. The van der Waals surface area contributed by atoms with Crippen molar-refractivity contribution in [3.05, 3.63) is 48.5 Å². The molecule has 0 saturated heterocycles. The summed E-state index contributed by atoms with van der Waals surface area (Å²) in [5.41, 5.74) is 0. The van der Waals surface area contributed by atoms with Crippen LogP contribution in [0.1, 0.15) is 0 Å². The number of rotatable bonds is 11. The number of carboxylic acids is 1. The van der Waals surface area contributed by atoms with E-state index in [0.29, 0.717) is 23.0 Å². The summed E-state index contributed by atoms with van der Waals surface area (Å²) in [6.45, 7) is -0.249. The minimum Gasteiger partial charge on any atom is -0.493 e. The second kappa shape index (κ2) is 10.1. The highest BCUT2D eigenvalue weighted by Crippen LogP contribution is 2.27. The molecule has 0 fully saturated rings. The van der Waals surface area contributed by atoms with E-state index in [9.17, 15) is 4.79 Å². The molecular weight excluding hydrogens is 340 g/mol. The van der Waals surface area contributed by atoms with E-state index in [4.69, 9.17) is 28.8 Å². The van der Waals surface area contributed by atoms with Crippen LogP contribution < -0.4 is 18.9 Å². The van der Waals surface area contributed by atoms with Gasteiger partial charge in [0.2, 0.25) is 0 Å². The first-order valence-corrected chi connectivity index (χ1v) is 7.99. The van der Waals surface area contributed by atoms with Gasteiger partial charge in [-0.1, -0.05) is 24.3 Å². The molecule has 7 nitrogen and oxygen atoms in total. The van der Waals surface area contributed by atoms with E-state index in [0.717, 1.165) is 0 Å². The Bertz CT molecular complexity index is 650. The van der Waals surface area contributed by atoms with Crippen molar-refractivity contribution >= 4 is 5.97 Å². The Labute approximate surface area is 152 Å². The Kier molecular flexibility index (Phi) is 7.57. The summed E-state index contributed by atoms with van der Waals surface area (Å²) in [5, 5.41) is 8.85. The van der Waals surface area contributed by atoms with Crippen LogP contribution in [0.25, 0.3) is 0 Å². The average molecular weight is 362 g/mol. The van der Waals surface area contributed by atoms with E-state index in [1.807, 2.05) is 24.3 Å². The van der Waals surface area contributed by atoms with Gasteiger partial charge in [0.1, 0.15) is 25.9 Å². The molecule has 0 aromatic heterocycles. The molecule has 2 rings (SSSR count). The maximum absolute atomic E-state index is 10.8. The van der Waals surface area contributed by atoms with E-state index in [-0.39, 0.29) is 13.2 Å². The van der Waals surface area contributed by atoms with E-state index < -0.39 is 18.7 Å². The van der Waals surface area contributed by atoms with Gasteiger partial charge in [0.05, 0.1) is 14.2 Å². The number of hydrogen-bond donors (Lipinski definition) is 1. The van der Waals surface area contributed by atoms with Gasteiger partial charge in [-0.15, -0.1) is 0 Å². The summed E-state index contributed by atoms with van der Waals surface area (Å²) in [6, 6.07) is 14.3. The molecule has 0 aliphatic carbocycles. The van der Waals surface area contributed by atoms with Crippen LogP contribution in [-0.2, 0) is 9.53 Å². The second-order valence-corrected chi connectivity index (χ2v) is 5.25. The lowest BCUT2D eigenvalue weighted by molar-refractivity contribution is -0.145. The van der Waals surface area contributed by atoms with Crippen LogP contribution in [0.15, 0.2) is 48.5 Å². The fourth-order valence-electron chi connectivity index (χ4n) is 2.18. The first kappa shape index (κ1) is 19.4. The number of hydrogen-bond acceptors (Lipinski definition) is 6. The zero-order valence-electron chi connectivity index (χ0n) is 14.7. The highest BCUT2D eigenvalue weighted by molar-refractivity contribution is 5.68. The van der Waals surface area contributed by atoms with Gasteiger partial charge >= 0.3 is 5.97 Å². The van der Waals surface area contributed by atoms with Crippen molar-refractivity contribution in [2.75, 3.05) is 34.0 Å². The summed E-state index contributed by atoms with van der Waals surface area (Å²) >= 11 is 0. The largest absolute Gasteiger partial charge is 0.493 e. The number of ether oxygens (including phenoxy) is 5. The summed E-state index contributed by atoms with van der Waals surface area (Å²) in [7, 11) is 3.09. The standard InChI is InChI=1S/C19H22O7/c1-22-15-7-3-5-9-17(15)25-11-14(24-13-19(20)21)12-26-18-10-6-4-8-16(18)23-2/h3-10,14H,11-13H2,1-2H3,(H,20,21). The third-order valence-corrected chi connectivity index (χ3v) is 3.43. The molecule has 0 amide bonds. The SMILES string of the molecule is COc1ccccc1OCC(COc1ccccc1OC)OCC(=O)O. The molecule has 0 saturated carbocycles. The summed E-state index contributed by atoms with van der Waals surface area (Å²) in [4.78, 5) is 10.8. The molecular formula is C19H22O7. The number of methoxy groups -OCH3 is 2. The topological polar surface area (TPSA) is 83.5 Å². The first-order valence-electron chi connectivity index (χ1n) is 7.99. The summed E-state index contributed by atoms with van der Waals surface area (Å²) < 4.78 is 27.2. The average Bonchev–Trinajstić information content (AvgIpc) is 2.67. The number of para-hydroxylation sites is 4. The van der Waals surface area contributed by atoms with Crippen molar-refractivity contribution in [1.82, 2.24) is 0 Å². The molecule has 2 aromatic carbocycles. The Morgan fingerprint density at radius 2 is 1.27 bits per heavy atom. The summed E-state index contributed by atoms with van der Waals surface area (Å²) in [6.07, 6.45) is -0.596. The predicted molar refractivity (Wildman–Crippen MR) is 94.4 cm³/mol. The molecule has 0 aliphatic rings. The minimum atomic E-state index is -1.07. The van der Waals surface area contributed by atoms with Gasteiger partial charge in [0.15, 0.2) is 23.0 Å². The van der Waals surface area contributed by atoms with Gasteiger partial charge in [0.25, 0.3) is 0 Å². The molecule has 0 unspecified atom stereocenters. The normalized spacial score (nSPS) is 10.4. The molecule has 7 heteroatoms. The molecule has 0 radical (unpaired) electrons. The zero-order chi connectivity index (χ0) is 18.8. The van der Waals surface area contributed by atoms with E-state index in [1.165, 1.54) is 0 Å². The quantitative estimate of drug-likeness (QED) is 0.658. The van der Waals surface area contributed by atoms with E-state index in [2.05, 4.69) is 0 Å². The van der Waals surface area contributed by atoms with Crippen LogP contribution in [-0.4, -0.2) is 51.2 Å². The van der Waals surface area contributed by atoms with Gasteiger partial charge in [0, 0.05) is 0 Å². The lowest BCUT2D eigenvalue weighted by atomic mass is 10.3. The molecule has 2 aromatic rings. The van der Waals surface area contributed by atoms with E-state index in [1.54, 1.807) is 38.5 Å². The van der Waals surface area contributed by atoms with Crippen molar-refractivity contribution in [2.45, 2.75) is 6.10 Å². The van der Waals surface area contributed by atoms with Crippen LogP contribution in [0.2, 0.25) is 0 Å². The van der Waals surface area contributed by atoms with Gasteiger partial charge in [-0.2, -0.15) is 0 Å². The van der Waals surface area contributed by atoms with Crippen molar-refractivity contribution in [3.63, 3.8) is 0 Å². The third-order valence-electron chi connectivity index (χ3n) is 3.43. The lowest BCUT2D eigenvalue weighted by Crippen LogP contribution is -2.30. The van der Waals surface area contributed by atoms with Crippen LogP contribution in [0.4, 0.5) is 0 Å². The van der Waals surface area contributed by atoms with Gasteiger partial charge in [-0.25, -0.2) is 4.79 Å². The molecule has 0 bridgehead atoms. The maximum atomic E-state index is 10.8. The Morgan fingerprint density at radius 3 is 1.65 bits per heavy atom. The first-order chi connectivity index (χ1) is 12.6. The fourth-order valence-corrected chi connectivity index (χ4v) is 2.18. The molecule has 0 spiro atoms. The molecule has 1 N–H and O–H groups in total. The molecule has 0 atom stereocenters. The maximum Gasteiger partial charge on any atom is 0.329 e. The monoisotopic (exact) mass is 362 g/mol. The Hall–Kier alpha value is -2.93. The highest BCUT2D eigenvalue weighted by atomic mass is 16.6. The summed E-state index contributed by atoms with van der Waals surface area (Å²) in [5.74, 6) is 1.17. The third kappa shape index (κ3) is 5.86. The lowest BCUT2D eigenvalue weighted by Gasteiger charge is -2.20. The minimum absolute atomic E-state index is 0.100. The van der Waals surface area contributed by atoms with Crippen molar-refractivity contribution in [3.8, 4) is 23.0 Å². The number of carbonyl (C=O) groups is 1. The molecule has 26 heavy (non-hydrogen) atoms.